The van der Waals surface area contributed by atoms with Crippen LogP contribution in [-0.2, 0) is 6.61 Å². The number of aliphatic hydroxyl groups excluding tert-OH is 1. The average molecular weight is 305 g/mol. The summed E-state index contributed by atoms with van der Waals surface area (Å²) >= 11 is 0. The van der Waals surface area contributed by atoms with Crippen molar-refractivity contribution in [1.82, 2.24) is 15.6 Å². The quantitative estimate of drug-likeness (QED) is 0.586. The fourth-order valence-electron chi connectivity index (χ4n) is 1.81. The summed E-state index contributed by atoms with van der Waals surface area (Å²) in [7, 11) is 0. The molecule has 2 aromatic heterocycles. The van der Waals surface area contributed by atoms with Crippen molar-refractivity contribution in [1.29, 1.82) is 0 Å². The zero-order valence-electron chi connectivity index (χ0n) is 11.6. The van der Waals surface area contributed by atoms with E-state index in [0.29, 0.717) is 17.0 Å². The van der Waals surface area contributed by atoms with Crippen LogP contribution in [0.25, 0.3) is 11.3 Å². The van der Waals surface area contributed by atoms with Gasteiger partial charge in [-0.1, -0.05) is 0 Å². The number of nitrogens with one attached hydrogen (secondary N) is 2. The third kappa shape index (κ3) is 4.06. The second-order valence-electron chi connectivity index (χ2n) is 4.36. The summed E-state index contributed by atoms with van der Waals surface area (Å²) in [6.07, 6.45) is 0.348. The highest BCUT2D eigenvalue weighted by atomic mass is 16.4. The lowest BCUT2D eigenvalue weighted by atomic mass is 10.1. The number of amides is 2. The number of carbonyl (C=O) groups is 2. The number of pyridine rings is 1. The Balaban J connectivity index is 2.11. The number of furan rings is 1. The molecule has 0 unspecified atom stereocenters. The molecule has 0 saturated carbocycles. The zero-order chi connectivity index (χ0) is 15.9. The van der Waals surface area contributed by atoms with Gasteiger partial charge in [0.05, 0.1) is 18.6 Å². The minimum Gasteiger partial charge on any atom is -0.465 e. The van der Waals surface area contributed by atoms with Gasteiger partial charge in [-0.05, 0) is 24.3 Å². The number of carbonyl (C=O) groups excluding carboxylic acids is 1. The first kappa shape index (κ1) is 15.5. The third-order valence-electron chi connectivity index (χ3n) is 2.77. The summed E-state index contributed by atoms with van der Waals surface area (Å²) in [4.78, 5) is 26.4. The van der Waals surface area contributed by atoms with E-state index in [1.54, 1.807) is 18.2 Å². The second-order valence-corrected chi connectivity index (χ2v) is 4.36. The summed E-state index contributed by atoms with van der Waals surface area (Å²) in [6, 6.07) is 6.61. The number of aliphatic hydroxyl groups is 1. The van der Waals surface area contributed by atoms with Crippen LogP contribution >= 0.6 is 0 Å². The number of nitrogens with zero attached hydrogens (tertiary/aromatic N) is 1. The Morgan fingerprint density at radius 2 is 2.00 bits per heavy atom. The molecule has 0 radical (unpaired) electrons. The van der Waals surface area contributed by atoms with E-state index in [1.165, 1.54) is 12.3 Å². The van der Waals surface area contributed by atoms with Gasteiger partial charge < -0.3 is 25.3 Å². The molecule has 0 fully saturated rings. The van der Waals surface area contributed by atoms with Crippen molar-refractivity contribution >= 4 is 12.0 Å². The molecule has 2 amide bonds. The van der Waals surface area contributed by atoms with E-state index in [9.17, 15) is 14.7 Å². The van der Waals surface area contributed by atoms with Crippen molar-refractivity contribution in [3.63, 3.8) is 0 Å². The molecule has 22 heavy (non-hydrogen) atoms. The van der Waals surface area contributed by atoms with Crippen LogP contribution in [0, 0.1) is 0 Å². The van der Waals surface area contributed by atoms with E-state index in [-0.39, 0.29) is 25.4 Å². The van der Waals surface area contributed by atoms with Crippen LogP contribution in [0.4, 0.5) is 4.79 Å². The van der Waals surface area contributed by atoms with Crippen LogP contribution in [-0.4, -0.2) is 40.3 Å². The molecule has 0 aromatic carbocycles. The molecular formula is C14H15N3O5. The summed E-state index contributed by atoms with van der Waals surface area (Å²) in [6.45, 7) is -0.0898. The molecule has 8 heteroatoms. The highest BCUT2D eigenvalue weighted by molar-refractivity contribution is 5.93. The lowest BCUT2D eigenvalue weighted by molar-refractivity contribution is 0.0947. The van der Waals surface area contributed by atoms with E-state index in [0.717, 1.165) is 0 Å². The van der Waals surface area contributed by atoms with Crippen LogP contribution in [0.15, 0.2) is 34.9 Å². The Kier molecular flexibility index (Phi) is 5.10. The summed E-state index contributed by atoms with van der Waals surface area (Å²) < 4.78 is 5.26. The Labute approximate surface area is 125 Å². The molecule has 116 valence electrons. The number of rotatable bonds is 6. The molecule has 0 aliphatic carbocycles. The molecule has 0 saturated heterocycles. The van der Waals surface area contributed by atoms with Crippen LogP contribution in [0.1, 0.15) is 16.2 Å². The van der Waals surface area contributed by atoms with Crippen molar-refractivity contribution in [2.45, 2.75) is 6.61 Å². The van der Waals surface area contributed by atoms with Crippen LogP contribution in [0.5, 0.6) is 0 Å². The molecule has 8 nitrogen and oxygen atoms in total. The first-order valence-corrected chi connectivity index (χ1v) is 6.51. The molecule has 2 heterocycles. The van der Waals surface area contributed by atoms with Crippen molar-refractivity contribution in [2.75, 3.05) is 13.1 Å². The number of hydrogen-bond donors (Lipinski definition) is 4. The van der Waals surface area contributed by atoms with E-state index < -0.39 is 12.0 Å². The highest BCUT2D eigenvalue weighted by Crippen LogP contribution is 2.21. The fraction of sp³-hybridized carbons (Fsp3) is 0.214. The SMILES string of the molecule is O=C(O)NCCNC(=O)c1cc(-c2ccco2)cc(CO)n1. The largest absolute Gasteiger partial charge is 0.465 e. The van der Waals surface area contributed by atoms with Crippen LogP contribution in [0.3, 0.4) is 0 Å². The first-order valence-electron chi connectivity index (χ1n) is 6.51. The van der Waals surface area contributed by atoms with Gasteiger partial charge in [0, 0.05) is 18.7 Å². The molecule has 0 aliphatic heterocycles. The predicted octanol–water partition coefficient (Wildman–Crippen LogP) is 0.831. The third-order valence-corrected chi connectivity index (χ3v) is 2.77. The Bertz CT molecular complexity index is 655. The maximum Gasteiger partial charge on any atom is 0.404 e. The maximum atomic E-state index is 12.0. The van der Waals surface area contributed by atoms with E-state index in [4.69, 9.17) is 9.52 Å². The molecule has 0 spiro atoms. The van der Waals surface area contributed by atoms with Gasteiger partial charge in [0.15, 0.2) is 0 Å². The van der Waals surface area contributed by atoms with Gasteiger partial charge in [-0.25, -0.2) is 9.78 Å². The molecule has 0 bridgehead atoms. The minimum absolute atomic E-state index is 0.0891. The normalized spacial score (nSPS) is 10.2. The first-order chi connectivity index (χ1) is 10.6. The van der Waals surface area contributed by atoms with Crippen molar-refractivity contribution < 1.29 is 24.2 Å². The number of carboxylic acid groups (broad SMARTS) is 1. The van der Waals surface area contributed by atoms with Crippen molar-refractivity contribution in [3.8, 4) is 11.3 Å². The van der Waals surface area contributed by atoms with Gasteiger partial charge in [0.2, 0.25) is 0 Å². The van der Waals surface area contributed by atoms with Crippen LogP contribution < -0.4 is 10.6 Å². The van der Waals surface area contributed by atoms with Gasteiger partial charge in [0.1, 0.15) is 11.5 Å². The number of aromatic nitrogens is 1. The van der Waals surface area contributed by atoms with E-state index in [2.05, 4.69) is 15.6 Å². The smallest absolute Gasteiger partial charge is 0.404 e. The Morgan fingerprint density at radius 1 is 1.23 bits per heavy atom. The molecular weight excluding hydrogens is 290 g/mol. The second kappa shape index (κ2) is 7.23. The minimum atomic E-state index is -1.16. The lowest BCUT2D eigenvalue weighted by Gasteiger charge is -2.07. The molecule has 4 N–H and O–H groups in total. The molecule has 2 rings (SSSR count). The van der Waals surface area contributed by atoms with Gasteiger partial charge in [-0.2, -0.15) is 0 Å². The van der Waals surface area contributed by atoms with Gasteiger partial charge in [-0.15, -0.1) is 0 Å². The number of hydrogen-bond acceptors (Lipinski definition) is 5. The summed E-state index contributed by atoms with van der Waals surface area (Å²) in [5.74, 6) is 0.0917. The topological polar surface area (TPSA) is 125 Å². The van der Waals surface area contributed by atoms with Gasteiger partial charge in [0.25, 0.3) is 5.91 Å². The van der Waals surface area contributed by atoms with E-state index >= 15 is 0 Å². The zero-order valence-corrected chi connectivity index (χ0v) is 11.6. The average Bonchev–Trinajstić information content (AvgIpc) is 3.05. The summed E-state index contributed by atoms with van der Waals surface area (Å²) in [5, 5.41) is 22.3. The molecule has 0 atom stereocenters. The van der Waals surface area contributed by atoms with Gasteiger partial charge >= 0.3 is 6.09 Å². The van der Waals surface area contributed by atoms with Crippen molar-refractivity contribution in [2.24, 2.45) is 0 Å². The maximum absolute atomic E-state index is 12.0. The highest BCUT2D eigenvalue weighted by Gasteiger charge is 2.12. The molecule has 0 aliphatic rings. The van der Waals surface area contributed by atoms with Crippen molar-refractivity contribution in [3.05, 3.63) is 41.9 Å². The van der Waals surface area contributed by atoms with Gasteiger partial charge in [-0.3, -0.25) is 4.79 Å². The monoisotopic (exact) mass is 305 g/mol. The summed E-state index contributed by atoms with van der Waals surface area (Å²) in [5.41, 5.74) is 1.08. The Hall–Kier alpha value is -2.87. The fourth-order valence-corrected chi connectivity index (χ4v) is 1.81. The van der Waals surface area contributed by atoms with E-state index in [1.807, 2.05) is 0 Å². The Morgan fingerprint density at radius 3 is 2.64 bits per heavy atom. The standard InChI is InChI=1S/C14H15N3O5/c18-8-10-6-9(12-2-1-5-22-12)7-11(17-10)13(19)15-3-4-16-14(20)21/h1-2,5-7,16,18H,3-4,8H2,(H,15,19)(H,20,21). The lowest BCUT2D eigenvalue weighted by Crippen LogP contribution is -2.34. The van der Waals surface area contributed by atoms with Crippen LogP contribution in [0.2, 0.25) is 0 Å². The predicted molar refractivity (Wildman–Crippen MR) is 76.2 cm³/mol. The molecule has 2 aromatic rings.